The van der Waals surface area contributed by atoms with E-state index in [1.54, 1.807) is 0 Å². The van der Waals surface area contributed by atoms with Gasteiger partial charge in [-0.3, -0.25) is 0 Å². The first-order valence-electron chi connectivity index (χ1n) is 24.5. The minimum absolute atomic E-state index is 0.00355. The number of hydrogen-bond acceptors (Lipinski definition) is 3. The van der Waals surface area contributed by atoms with Crippen molar-refractivity contribution in [2.75, 3.05) is 4.81 Å². The standard InChI is InChI=1S/C63H55BN2OS/c1-60(2,3)34-20-24-37(25-21-34)66-49-33-52-42(39-26-22-36(62(7,8)9)29-51(39)67-52)30-44(49)54-55-40-17-13-15-19-53(40)68-59(55)56-43-28-35(61(4,5)6)23-27-48(43)65-50-31-41-38-16-12-14-18-45(38)63(10,11)46(41)32-47(50)64(66)57(54)58(56)65/h12-33H,1-11H3. The Kier molecular flexibility index (Phi) is 7.71. The van der Waals surface area contributed by atoms with E-state index in [2.05, 4.69) is 219 Å². The Bertz CT molecular complexity index is 4060. The smallest absolute Gasteiger partial charge is 0.333 e. The van der Waals surface area contributed by atoms with Gasteiger partial charge in [-0.25, -0.2) is 0 Å². The SMILES string of the molecule is CC(C)(C)c1ccc(N2B3c4cc5c(cc4-n4c6ccc(C(C)(C)C)cc6c6c7sc8ccccc8c7c(c3c64)-c3cc4c(cc32)oc2cc(C(C)(C)C)ccc24)-c2ccccc2C5(C)C)cc1. The molecule has 0 saturated heterocycles. The molecule has 0 bridgehead atoms. The van der Waals surface area contributed by atoms with Crippen molar-refractivity contribution < 1.29 is 4.42 Å². The third kappa shape index (κ3) is 5.21. The minimum atomic E-state index is -0.175. The van der Waals surface area contributed by atoms with Gasteiger partial charge in [0.1, 0.15) is 11.2 Å². The summed E-state index contributed by atoms with van der Waals surface area (Å²) >= 11 is 1.96. The van der Waals surface area contributed by atoms with Crippen LogP contribution in [-0.2, 0) is 21.7 Å². The van der Waals surface area contributed by atoms with Crippen LogP contribution in [-0.4, -0.2) is 11.4 Å². The van der Waals surface area contributed by atoms with Gasteiger partial charge < -0.3 is 13.8 Å². The van der Waals surface area contributed by atoms with E-state index in [0.717, 1.165) is 21.9 Å². The Morgan fingerprint density at radius 3 is 1.97 bits per heavy atom. The van der Waals surface area contributed by atoms with Crippen molar-refractivity contribution in [3.8, 4) is 27.9 Å². The molecular formula is C63H55BN2OS. The molecule has 5 heteroatoms. The first-order chi connectivity index (χ1) is 32.4. The van der Waals surface area contributed by atoms with Gasteiger partial charge in [0.2, 0.25) is 0 Å². The molecule has 3 aromatic heterocycles. The summed E-state index contributed by atoms with van der Waals surface area (Å²) < 4.78 is 12.4. The molecule has 332 valence electrons. The fourth-order valence-electron chi connectivity index (χ4n) is 12.6. The fourth-order valence-corrected chi connectivity index (χ4v) is 13.8. The van der Waals surface area contributed by atoms with Crippen molar-refractivity contribution in [3.63, 3.8) is 0 Å². The van der Waals surface area contributed by atoms with Gasteiger partial charge in [-0.2, -0.15) is 0 Å². The first-order valence-corrected chi connectivity index (χ1v) is 25.3. The number of hydrogen-bond donors (Lipinski definition) is 0. The Morgan fingerprint density at radius 1 is 0.529 bits per heavy atom. The van der Waals surface area contributed by atoms with Gasteiger partial charge in [0.15, 0.2) is 0 Å². The second-order valence-electron chi connectivity index (χ2n) is 23.8. The number of thiophene rings is 1. The zero-order chi connectivity index (χ0) is 46.7. The van der Waals surface area contributed by atoms with Crippen LogP contribution in [0.1, 0.15) is 104 Å². The summed E-state index contributed by atoms with van der Waals surface area (Å²) in [4.78, 5) is 2.69. The van der Waals surface area contributed by atoms with Crippen molar-refractivity contribution >= 4 is 104 Å². The molecule has 3 nitrogen and oxygen atoms in total. The largest absolute Gasteiger partial charge is 0.456 e. The lowest BCUT2D eigenvalue weighted by molar-refractivity contribution is 0.587. The lowest BCUT2D eigenvalue weighted by Gasteiger charge is -2.42. The van der Waals surface area contributed by atoms with Gasteiger partial charge in [-0.15, -0.1) is 11.3 Å². The lowest BCUT2D eigenvalue weighted by atomic mass is 9.43. The Labute approximate surface area is 403 Å². The van der Waals surface area contributed by atoms with Crippen LogP contribution >= 0.6 is 11.3 Å². The number of aromatic nitrogens is 1. The van der Waals surface area contributed by atoms with E-state index in [0.29, 0.717) is 0 Å². The predicted octanol–water partition coefficient (Wildman–Crippen LogP) is 16.5. The van der Waals surface area contributed by atoms with Crippen molar-refractivity contribution in [1.29, 1.82) is 0 Å². The predicted molar refractivity (Wildman–Crippen MR) is 294 cm³/mol. The normalized spacial score (nSPS) is 15.0. The number of benzene rings is 8. The van der Waals surface area contributed by atoms with E-state index in [4.69, 9.17) is 4.42 Å². The summed E-state index contributed by atoms with van der Waals surface area (Å²) in [5, 5.41) is 7.70. The van der Waals surface area contributed by atoms with Crippen LogP contribution in [0.3, 0.4) is 0 Å². The highest BCUT2D eigenvalue weighted by Crippen LogP contribution is 2.56. The van der Waals surface area contributed by atoms with E-state index in [1.807, 2.05) is 11.3 Å². The molecule has 1 aliphatic carbocycles. The van der Waals surface area contributed by atoms with Crippen molar-refractivity contribution in [2.45, 2.75) is 97.8 Å². The molecule has 2 aliphatic heterocycles. The van der Waals surface area contributed by atoms with E-state index in [9.17, 15) is 0 Å². The maximum Gasteiger partial charge on any atom is 0.333 e. The highest BCUT2D eigenvalue weighted by atomic mass is 32.1. The van der Waals surface area contributed by atoms with E-state index in [1.165, 1.54) is 120 Å². The van der Waals surface area contributed by atoms with Crippen LogP contribution in [0.25, 0.3) is 91.9 Å². The summed E-state index contributed by atoms with van der Waals surface area (Å²) in [6.45, 7) is 25.5. The van der Waals surface area contributed by atoms with Gasteiger partial charge in [0.05, 0.1) is 11.0 Å². The van der Waals surface area contributed by atoms with E-state index >= 15 is 0 Å². The number of fused-ring (bicyclic) bond motifs is 19. The summed E-state index contributed by atoms with van der Waals surface area (Å²) in [5.74, 6) is 0. The van der Waals surface area contributed by atoms with E-state index in [-0.39, 0.29) is 28.5 Å². The van der Waals surface area contributed by atoms with E-state index < -0.39 is 0 Å². The van der Waals surface area contributed by atoms with Crippen LogP contribution in [0, 0.1) is 0 Å². The molecule has 14 rings (SSSR count). The monoisotopic (exact) mass is 898 g/mol. The molecular weight excluding hydrogens is 844 g/mol. The number of nitrogens with zero attached hydrogens (tertiary/aromatic N) is 2. The molecule has 0 N–H and O–H groups in total. The molecule has 5 heterocycles. The zero-order valence-electron chi connectivity index (χ0n) is 41.0. The summed E-state index contributed by atoms with van der Waals surface area (Å²) in [7, 11) is 0. The summed E-state index contributed by atoms with van der Waals surface area (Å²) in [5.41, 5.74) is 22.6. The maximum atomic E-state index is 7.03. The summed E-state index contributed by atoms with van der Waals surface area (Å²) in [6.07, 6.45) is 0. The van der Waals surface area contributed by atoms with Gasteiger partial charge in [-0.05, 0) is 120 Å². The van der Waals surface area contributed by atoms with Crippen LogP contribution < -0.4 is 15.7 Å². The van der Waals surface area contributed by atoms with Crippen molar-refractivity contribution in [2.24, 2.45) is 0 Å². The number of rotatable bonds is 1. The molecule has 0 unspecified atom stereocenters. The third-order valence-electron chi connectivity index (χ3n) is 16.2. The second kappa shape index (κ2) is 12.9. The van der Waals surface area contributed by atoms with Gasteiger partial charge >= 0.3 is 6.85 Å². The van der Waals surface area contributed by atoms with Crippen molar-refractivity contribution in [3.05, 3.63) is 161 Å². The molecule has 68 heavy (non-hydrogen) atoms. The molecule has 0 amide bonds. The number of furan rings is 1. The Hall–Kier alpha value is -6.56. The lowest BCUT2D eigenvalue weighted by Crippen LogP contribution is -2.60. The zero-order valence-corrected chi connectivity index (χ0v) is 41.8. The quantitative estimate of drug-likeness (QED) is 0.153. The van der Waals surface area contributed by atoms with Gasteiger partial charge in [0, 0.05) is 75.8 Å². The Morgan fingerprint density at radius 2 is 1.21 bits per heavy atom. The molecule has 8 aromatic carbocycles. The average Bonchev–Trinajstić information content (AvgIpc) is 4.03. The average molecular weight is 899 g/mol. The van der Waals surface area contributed by atoms with Crippen LogP contribution in [0.2, 0.25) is 0 Å². The molecule has 0 radical (unpaired) electrons. The van der Waals surface area contributed by atoms with Crippen LogP contribution in [0.15, 0.2) is 138 Å². The molecule has 0 fully saturated rings. The van der Waals surface area contributed by atoms with Crippen LogP contribution in [0.5, 0.6) is 0 Å². The third-order valence-corrected chi connectivity index (χ3v) is 17.4. The van der Waals surface area contributed by atoms with Gasteiger partial charge in [-0.1, -0.05) is 155 Å². The molecule has 0 saturated carbocycles. The van der Waals surface area contributed by atoms with Gasteiger partial charge in [0.25, 0.3) is 0 Å². The first kappa shape index (κ1) is 40.5. The molecule has 11 aromatic rings. The highest BCUT2D eigenvalue weighted by Gasteiger charge is 2.48. The van der Waals surface area contributed by atoms with Crippen LogP contribution in [0.4, 0.5) is 11.4 Å². The maximum absolute atomic E-state index is 7.03. The second-order valence-corrected chi connectivity index (χ2v) is 24.8. The topological polar surface area (TPSA) is 21.3 Å². The molecule has 3 aliphatic rings. The fraction of sp³-hybridized carbons (Fsp3) is 0.238. The van der Waals surface area contributed by atoms with Crippen molar-refractivity contribution in [1.82, 2.24) is 4.57 Å². The molecule has 0 atom stereocenters. The Balaban J connectivity index is 1.21. The number of anilines is 2. The summed E-state index contributed by atoms with van der Waals surface area (Å²) in [6, 6.07) is 52.1. The minimum Gasteiger partial charge on any atom is -0.456 e. The molecule has 0 spiro atoms. The highest BCUT2D eigenvalue weighted by molar-refractivity contribution is 7.27.